The molecule has 2 aliphatic heterocycles. The van der Waals surface area contributed by atoms with Gasteiger partial charge < -0.3 is 10.1 Å². The number of fused-ring (bicyclic) bond motifs is 1. The molecule has 1 N–H and O–H groups in total. The average molecular weight is 274 g/mol. The van der Waals surface area contributed by atoms with E-state index in [1.807, 2.05) is 0 Å². The second kappa shape index (κ2) is 6.59. The molecule has 1 saturated heterocycles. The van der Waals surface area contributed by atoms with Crippen LogP contribution in [-0.2, 0) is 12.8 Å². The molecule has 2 aliphatic rings. The lowest BCUT2D eigenvalue weighted by atomic mass is 10.1. The van der Waals surface area contributed by atoms with Crippen molar-refractivity contribution in [1.29, 1.82) is 0 Å². The van der Waals surface area contributed by atoms with E-state index in [-0.39, 0.29) is 0 Å². The lowest BCUT2D eigenvalue weighted by Gasteiger charge is -2.23. The molecule has 20 heavy (non-hydrogen) atoms. The standard InChI is InChI=1S/C17H26N2O/c1-14(19-9-2-3-10-19)13-18-8-6-15-4-5-17-16(12-15)7-11-20-17/h4-5,12,14,18H,2-3,6-11,13H2,1H3. The number of benzene rings is 1. The molecule has 2 heterocycles. The molecule has 0 aromatic heterocycles. The Morgan fingerprint density at radius 3 is 3.00 bits per heavy atom. The summed E-state index contributed by atoms with van der Waals surface area (Å²) in [6.07, 6.45) is 4.94. The van der Waals surface area contributed by atoms with Gasteiger partial charge in [-0.25, -0.2) is 0 Å². The van der Waals surface area contributed by atoms with Crippen LogP contribution in [0.25, 0.3) is 0 Å². The van der Waals surface area contributed by atoms with Crippen molar-refractivity contribution in [3.8, 4) is 5.75 Å². The summed E-state index contributed by atoms with van der Waals surface area (Å²) >= 11 is 0. The van der Waals surface area contributed by atoms with Crippen molar-refractivity contribution in [1.82, 2.24) is 10.2 Å². The summed E-state index contributed by atoms with van der Waals surface area (Å²) in [5.74, 6) is 1.09. The first-order valence-electron chi connectivity index (χ1n) is 8.02. The predicted octanol–water partition coefficient (Wildman–Crippen LogP) is 2.24. The Morgan fingerprint density at radius 1 is 1.30 bits per heavy atom. The number of rotatable bonds is 6. The zero-order valence-electron chi connectivity index (χ0n) is 12.5. The number of hydrogen-bond acceptors (Lipinski definition) is 3. The number of hydrogen-bond donors (Lipinski definition) is 1. The Balaban J connectivity index is 1.39. The quantitative estimate of drug-likeness (QED) is 0.805. The zero-order valence-corrected chi connectivity index (χ0v) is 12.5. The number of nitrogens with zero attached hydrogens (tertiary/aromatic N) is 1. The molecule has 3 heteroatoms. The van der Waals surface area contributed by atoms with Gasteiger partial charge in [0.05, 0.1) is 6.61 Å². The van der Waals surface area contributed by atoms with E-state index in [4.69, 9.17) is 4.74 Å². The molecule has 1 atom stereocenters. The van der Waals surface area contributed by atoms with E-state index in [1.54, 1.807) is 0 Å². The Labute approximate surface area is 122 Å². The summed E-state index contributed by atoms with van der Waals surface area (Å²) in [4.78, 5) is 2.60. The molecule has 0 saturated carbocycles. The monoisotopic (exact) mass is 274 g/mol. The topological polar surface area (TPSA) is 24.5 Å². The second-order valence-electron chi connectivity index (χ2n) is 6.09. The highest BCUT2D eigenvalue weighted by molar-refractivity contribution is 5.39. The summed E-state index contributed by atoms with van der Waals surface area (Å²) in [6.45, 7) is 7.93. The van der Waals surface area contributed by atoms with E-state index in [1.165, 1.54) is 37.1 Å². The predicted molar refractivity (Wildman–Crippen MR) is 82.5 cm³/mol. The second-order valence-corrected chi connectivity index (χ2v) is 6.09. The maximum absolute atomic E-state index is 5.55. The van der Waals surface area contributed by atoms with Crippen molar-refractivity contribution in [2.75, 3.05) is 32.8 Å². The van der Waals surface area contributed by atoms with Gasteiger partial charge >= 0.3 is 0 Å². The van der Waals surface area contributed by atoms with Gasteiger partial charge in [0.2, 0.25) is 0 Å². The van der Waals surface area contributed by atoms with Crippen LogP contribution in [0.1, 0.15) is 30.9 Å². The molecule has 110 valence electrons. The van der Waals surface area contributed by atoms with E-state index < -0.39 is 0 Å². The van der Waals surface area contributed by atoms with Crippen molar-refractivity contribution in [2.45, 2.75) is 38.6 Å². The van der Waals surface area contributed by atoms with Crippen molar-refractivity contribution in [3.05, 3.63) is 29.3 Å². The van der Waals surface area contributed by atoms with Crippen molar-refractivity contribution in [2.24, 2.45) is 0 Å². The average Bonchev–Trinajstić information content (AvgIpc) is 3.13. The van der Waals surface area contributed by atoms with Gasteiger partial charge in [-0.2, -0.15) is 0 Å². The van der Waals surface area contributed by atoms with Crippen LogP contribution in [-0.4, -0.2) is 43.7 Å². The Hall–Kier alpha value is -1.06. The van der Waals surface area contributed by atoms with Crippen LogP contribution in [0.5, 0.6) is 5.75 Å². The molecular formula is C17H26N2O. The van der Waals surface area contributed by atoms with Gasteiger partial charge in [0.1, 0.15) is 5.75 Å². The smallest absolute Gasteiger partial charge is 0.122 e. The highest BCUT2D eigenvalue weighted by Gasteiger charge is 2.17. The van der Waals surface area contributed by atoms with Gasteiger partial charge in [-0.15, -0.1) is 0 Å². The normalized spacial score (nSPS) is 19.9. The number of nitrogens with one attached hydrogen (secondary N) is 1. The molecule has 1 aromatic carbocycles. The molecule has 1 aromatic rings. The molecule has 0 spiro atoms. The minimum Gasteiger partial charge on any atom is -0.493 e. The van der Waals surface area contributed by atoms with E-state index >= 15 is 0 Å². The van der Waals surface area contributed by atoms with Gasteiger partial charge in [0, 0.05) is 19.0 Å². The van der Waals surface area contributed by atoms with Crippen molar-refractivity contribution >= 4 is 0 Å². The molecule has 1 fully saturated rings. The maximum atomic E-state index is 5.55. The van der Waals surface area contributed by atoms with Crippen molar-refractivity contribution < 1.29 is 4.74 Å². The first-order chi connectivity index (χ1) is 9.83. The van der Waals surface area contributed by atoms with Gasteiger partial charge in [-0.3, -0.25) is 4.90 Å². The molecular weight excluding hydrogens is 248 g/mol. The molecule has 0 radical (unpaired) electrons. The molecule has 1 unspecified atom stereocenters. The third kappa shape index (κ3) is 3.33. The van der Waals surface area contributed by atoms with Crippen LogP contribution < -0.4 is 10.1 Å². The summed E-state index contributed by atoms with van der Waals surface area (Å²) < 4.78 is 5.55. The van der Waals surface area contributed by atoms with Crippen LogP contribution in [0.2, 0.25) is 0 Å². The minimum atomic E-state index is 0.672. The summed E-state index contributed by atoms with van der Waals surface area (Å²) in [5, 5.41) is 3.61. The third-order valence-electron chi connectivity index (χ3n) is 4.55. The summed E-state index contributed by atoms with van der Waals surface area (Å²) in [7, 11) is 0. The third-order valence-corrected chi connectivity index (χ3v) is 4.55. The number of likely N-dealkylation sites (tertiary alicyclic amines) is 1. The fourth-order valence-corrected chi connectivity index (χ4v) is 3.25. The van der Waals surface area contributed by atoms with E-state index in [9.17, 15) is 0 Å². The first kappa shape index (κ1) is 13.9. The van der Waals surface area contributed by atoms with Gasteiger partial charge in [0.25, 0.3) is 0 Å². The zero-order chi connectivity index (χ0) is 13.8. The number of ether oxygens (including phenoxy) is 1. The Bertz CT molecular complexity index is 441. The van der Waals surface area contributed by atoms with E-state index in [0.29, 0.717) is 6.04 Å². The van der Waals surface area contributed by atoms with Crippen molar-refractivity contribution in [3.63, 3.8) is 0 Å². The van der Waals surface area contributed by atoms with Crippen LogP contribution in [0.15, 0.2) is 18.2 Å². The molecule has 0 aliphatic carbocycles. The fourth-order valence-electron chi connectivity index (χ4n) is 3.25. The SMILES string of the molecule is CC(CNCCc1ccc2c(c1)CCO2)N1CCCC1. The molecule has 3 nitrogen and oxygen atoms in total. The first-order valence-corrected chi connectivity index (χ1v) is 8.02. The minimum absolute atomic E-state index is 0.672. The van der Waals surface area contributed by atoms with Crippen LogP contribution in [0.4, 0.5) is 0 Å². The largest absolute Gasteiger partial charge is 0.493 e. The van der Waals surface area contributed by atoms with Gasteiger partial charge in [-0.1, -0.05) is 12.1 Å². The van der Waals surface area contributed by atoms with Gasteiger partial charge in [-0.05, 0) is 63.0 Å². The molecule has 0 amide bonds. The van der Waals surface area contributed by atoms with Crippen LogP contribution >= 0.6 is 0 Å². The fraction of sp³-hybridized carbons (Fsp3) is 0.647. The van der Waals surface area contributed by atoms with Crippen LogP contribution in [0, 0.1) is 0 Å². The molecule has 0 bridgehead atoms. The highest BCUT2D eigenvalue weighted by Crippen LogP contribution is 2.25. The lowest BCUT2D eigenvalue weighted by molar-refractivity contribution is 0.252. The highest BCUT2D eigenvalue weighted by atomic mass is 16.5. The van der Waals surface area contributed by atoms with E-state index in [0.717, 1.165) is 38.3 Å². The Morgan fingerprint density at radius 2 is 2.15 bits per heavy atom. The van der Waals surface area contributed by atoms with Crippen LogP contribution in [0.3, 0.4) is 0 Å². The summed E-state index contributed by atoms with van der Waals surface area (Å²) in [5.41, 5.74) is 2.81. The van der Waals surface area contributed by atoms with E-state index in [2.05, 4.69) is 35.3 Å². The maximum Gasteiger partial charge on any atom is 0.122 e. The Kier molecular flexibility index (Phi) is 4.58. The van der Waals surface area contributed by atoms with Gasteiger partial charge in [0.15, 0.2) is 0 Å². The molecule has 3 rings (SSSR count). The summed E-state index contributed by atoms with van der Waals surface area (Å²) in [6, 6.07) is 7.32. The lowest BCUT2D eigenvalue weighted by Crippen LogP contribution is -2.39.